The molecule has 0 bridgehead atoms. The average Bonchev–Trinajstić information content (AvgIpc) is 3.33. The highest BCUT2D eigenvalue weighted by Gasteiger charge is 2.26. The molecule has 1 fully saturated rings. The second-order valence-corrected chi connectivity index (χ2v) is 7.43. The second kappa shape index (κ2) is 7.01. The highest BCUT2D eigenvalue weighted by atomic mass is 32.1. The highest BCUT2D eigenvalue weighted by molar-refractivity contribution is 7.05. The summed E-state index contributed by atoms with van der Waals surface area (Å²) in [4.78, 5) is 3.75. The van der Waals surface area contributed by atoms with Gasteiger partial charge in [0.05, 0.1) is 10.6 Å². The lowest BCUT2D eigenvalue weighted by molar-refractivity contribution is 0.196. The smallest absolute Gasteiger partial charge is 0.154 e. The van der Waals surface area contributed by atoms with Crippen LogP contribution in [-0.4, -0.2) is 52.1 Å². The summed E-state index contributed by atoms with van der Waals surface area (Å²) in [6, 6.07) is 1.92. The van der Waals surface area contributed by atoms with Crippen LogP contribution >= 0.6 is 11.5 Å². The molecule has 1 aliphatic heterocycles. The van der Waals surface area contributed by atoms with Crippen molar-refractivity contribution >= 4 is 11.5 Å². The summed E-state index contributed by atoms with van der Waals surface area (Å²) in [6.07, 6.45) is 6.07. The number of rotatable bonds is 5. The van der Waals surface area contributed by atoms with Crippen molar-refractivity contribution in [2.75, 3.05) is 13.1 Å². The zero-order valence-corrected chi connectivity index (χ0v) is 15.4. The van der Waals surface area contributed by atoms with E-state index in [1.54, 1.807) is 6.20 Å². The van der Waals surface area contributed by atoms with E-state index in [2.05, 4.69) is 41.4 Å². The molecule has 132 valence electrons. The van der Waals surface area contributed by atoms with Gasteiger partial charge in [0.25, 0.3) is 0 Å². The van der Waals surface area contributed by atoms with Crippen molar-refractivity contribution in [3.8, 4) is 0 Å². The molecule has 4 rings (SSSR count). The minimum absolute atomic E-state index is 0.416. The Labute approximate surface area is 150 Å². The van der Waals surface area contributed by atoms with Crippen LogP contribution in [0.4, 0.5) is 0 Å². The van der Waals surface area contributed by atoms with Crippen LogP contribution in [0.15, 0.2) is 18.5 Å². The van der Waals surface area contributed by atoms with Crippen molar-refractivity contribution in [2.24, 2.45) is 7.05 Å². The van der Waals surface area contributed by atoms with Crippen molar-refractivity contribution in [1.29, 1.82) is 0 Å². The zero-order valence-electron chi connectivity index (χ0n) is 14.5. The monoisotopic (exact) mass is 358 g/mol. The molecular weight excluding hydrogens is 336 g/mol. The Hall–Kier alpha value is -2.13. The largest absolute Gasteiger partial charge is 0.316 e. The number of likely N-dealkylation sites (tertiary alicyclic amines) is 1. The lowest BCUT2D eigenvalue weighted by atomic mass is 9.97. The van der Waals surface area contributed by atoms with Crippen LogP contribution in [0.25, 0.3) is 0 Å². The van der Waals surface area contributed by atoms with Crippen molar-refractivity contribution in [1.82, 2.24) is 39.0 Å². The van der Waals surface area contributed by atoms with E-state index in [9.17, 15) is 0 Å². The molecule has 0 aliphatic carbocycles. The van der Waals surface area contributed by atoms with Crippen LogP contribution in [-0.2, 0) is 20.1 Å². The second-order valence-electron chi connectivity index (χ2n) is 6.59. The van der Waals surface area contributed by atoms with E-state index < -0.39 is 0 Å². The summed E-state index contributed by atoms with van der Waals surface area (Å²) in [5.41, 5.74) is 1.05. The van der Waals surface area contributed by atoms with E-state index in [4.69, 9.17) is 0 Å². The minimum atomic E-state index is 0.416. The van der Waals surface area contributed by atoms with Gasteiger partial charge < -0.3 is 4.57 Å². The molecule has 1 saturated heterocycles. The van der Waals surface area contributed by atoms with E-state index in [0.29, 0.717) is 12.5 Å². The van der Waals surface area contributed by atoms with Gasteiger partial charge in [-0.3, -0.25) is 9.58 Å². The average molecular weight is 358 g/mol. The molecule has 1 atom stereocenters. The fourth-order valence-corrected chi connectivity index (χ4v) is 4.09. The summed E-state index contributed by atoms with van der Waals surface area (Å²) in [7, 11) is 2.06. The minimum Gasteiger partial charge on any atom is -0.316 e. The van der Waals surface area contributed by atoms with E-state index in [0.717, 1.165) is 43.4 Å². The van der Waals surface area contributed by atoms with Crippen LogP contribution < -0.4 is 0 Å². The Morgan fingerprint density at radius 1 is 1.24 bits per heavy atom. The van der Waals surface area contributed by atoms with Gasteiger partial charge in [-0.25, -0.2) is 0 Å². The Morgan fingerprint density at radius 2 is 2.16 bits per heavy atom. The predicted molar refractivity (Wildman–Crippen MR) is 94.2 cm³/mol. The number of hydrogen-bond acceptors (Lipinski definition) is 7. The van der Waals surface area contributed by atoms with Gasteiger partial charge in [0, 0.05) is 38.4 Å². The number of nitrogens with zero attached hydrogens (tertiary/aromatic N) is 8. The van der Waals surface area contributed by atoms with Crippen molar-refractivity contribution in [2.45, 2.75) is 38.8 Å². The van der Waals surface area contributed by atoms with E-state index in [1.165, 1.54) is 22.8 Å². The maximum atomic E-state index is 4.49. The quantitative estimate of drug-likeness (QED) is 0.689. The Balaban J connectivity index is 1.46. The van der Waals surface area contributed by atoms with Crippen LogP contribution in [0, 0.1) is 6.92 Å². The third kappa shape index (κ3) is 3.47. The molecule has 0 amide bonds. The van der Waals surface area contributed by atoms with E-state index in [-0.39, 0.29) is 0 Å². The summed E-state index contributed by atoms with van der Waals surface area (Å²) >= 11 is 1.50. The van der Waals surface area contributed by atoms with Crippen molar-refractivity contribution in [3.05, 3.63) is 40.7 Å². The summed E-state index contributed by atoms with van der Waals surface area (Å²) < 4.78 is 8.06. The molecule has 3 aromatic rings. The first-order valence-corrected chi connectivity index (χ1v) is 9.34. The lowest BCUT2D eigenvalue weighted by Gasteiger charge is -2.31. The highest BCUT2D eigenvalue weighted by Crippen LogP contribution is 2.27. The van der Waals surface area contributed by atoms with E-state index in [1.807, 2.05) is 23.9 Å². The molecule has 3 aromatic heterocycles. The zero-order chi connectivity index (χ0) is 17.2. The molecular formula is C16H22N8S. The number of piperidine rings is 1. The summed E-state index contributed by atoms with van der Waals surface area (Å²) in [5, 5.41) is 17.3. The molecule has 0 N–H and O–H groups in total. The lowest BCUT2D eigenvalue weighted by Crippen LogP contribution is -2.34. The van der Waals surface area contributed by atoms with Crippen LogP contribution in [0.2, 0.25) is 0 Å². The normalized spacial score (nSPS) is 18.7. The van der Waals surface area contributed by atoms with Gasteiger partial charge in [0.1, 0.15) is 12.4 Å². The van der Waals surface area contributed by atoms with Crippen LogP contribution in [0.1, 0.15) is 41.0 Å². The summed E-state index contributed by atoms with van der Waals surface area (Å²) in [5.74, 6) is 2.43. The molecule has 4 heterocycles. The van der Waals surface area contributed by atoms with Gasteiger partial charge in [-0.2, -0.15) is 5.10 Å². The fourth-order valence-electron chi connectivity index (χ4n) is 3.42. The molecule has 0 spiro atoms. The molecule has 9 heteroatoms. The molecule has 0 saturated carbocycles. The van der Waals surface area contributed by atoms with Crippen LogP contribution in [0.3, 0.4) is 0 Å². The number of hydrogen-bond donors (Lipinski definition) is 0. The van der Waals surface area contributed by atoms with Gasteiger partial charge in [-0.1, -0.05) is 4.49 Å². The molecule has 1 aliphatic rings. The van der Waals surface area contributed by atoms with Gasteiger partial charge in [0.15, 0.2) is 5.82 Å². The molecule has 0 aromatic carbocycles. The third-order valence-corrected chi connectivity index (χ3v) is 5.65. The van der Waals surface area contributed by atoms with Gasteiger partial charge in [-0.05, 0) is 43.9 Å². The van der Waals surface area contributed by atoms with Crippen molar-refractivity contribution in [3.63, 3.8) is 0 Å². The van der Waals surface area contributed by atoms with Gasteiger partial charge in [0.2, 0.25) is 0 Å². The predicted octanol–water partition coefficient (Wildman–Crippen LogP) is 1.60. The molecule has 1 unspecified atom stereocenters. The standard InChI is InChI=1S/C16H22N8S/c1-12-14(25-21-18-12)10-23-7-3-5-13(9-23)16-20-19-15(22(16)2)11-24-8-4-6-17-24/h4,6,8,13H,3,5,7,9-11H2,1-2H3. The Bertz CT molecular complexity index is 821. The Kier molecular flexibility index (Phi) is 4.58. The fraction of sp³-hybridized carbons (Fsp3) is 0.562. The van der Waals surface area contributed by atoms with Gasteiger partial charge in [-0.15, -0.1) is 15.3 Å². The molecule has 25 heavy (non-hydrogen) atoms. The SMILES string of the molecule is Cc1nnsc1CN1CCCC(c2nnc(Cn3cccn3)n2C)C1. The molecule has 8 nitrogen and oxygen atoms in total. The van der Waals surface area contributed by atoms with Gasteiger partial charge >= 0.3 is 0 Å². The number of aryl methyl sites for hydroxylation is 1. The maximum Gasteiger partial charge on any atom is 0.154 e. The van der Waals surface area contributed by atoms with E-state index >= 15 is 0 Å². The molecule has 0 radical (unpaired) electrons. The Morgan fingerprint density at radius 3 is 2.92 bits per heavy atom. The van der Waals surface area contributed by atoms with Crippen LogP contribution in [0.5, 0.6) is 0 Å². The van der Waals surface area contributed by atoms with Crippen molar-refractivity contribution < 1.29 is 0 Å². The summed E-state index contributed by atoms with van der Waals surface area (Å²) in [6.45, 7) is 5.73. The topological polar surface area (TPSA) is 77.6 Å². The first-order valence-electron chi connectivity index (χ1n) is 8.56. The maximum absolute atomic E-state index is 4.49. The first-order chi connectivity index (χ1) is 12.2. The number of aromatic nitrogens is 7. The third-order valence-electron chi connectivity index (χ3n) is 4.84. The first kappa shape index (κ1) is 16.3.